The van der Waals surface area contributed by atoms with Gasteiger partial charge in [-0.1, -0.05) is 11.8 Å². The number of amides is 1. The highest BCUT2D eigenvalue weighted by Crippen LogP contribution is 2.23. The number of nitrogens with zero attached hydrogens (tertiary/aromatic N) is 3. The molecule has 0 saturated carbocycles. The van der Waals surface area contributed by atoms with E-state index < -0.39 is 0 Å². The molecular formula is C18H22N4O2S. The summed E-state index contributed by atoms with van der Waals surface area (Å²) >= 11 is 1.42. The van der Waals surface area contributed by atoms with Gasteiger partial charge in [0.25, 0.3) is 0 Å². The van der Waals surface area contributed by atoms with Crippen LogP contribution in [0, 0.1) is 0 Å². The van der Waals surface area contributed by atoms with Gasteiger partial charge in [0.1, 0.15) is 22.9 Å². The first-order valence-corrected chi connectivity index (χ1v) is 9.45. The molecular weight excluding hydrogens is 336 g/mol. The Labute approximate surface area is 152 Å². The van der Waals surface area contributed by atoms with Gasteiger partial charge in [0, 0.05) is 24.8 Å². The number of hydrogen-bond acceptors (Lipinski definition) is 6. The van der Waals surface area contributed by atoms with Crippen LogP contribution in [0.15, 0.2) is 41.7 Å². The Morgan fingerprint density at radius 2 is 2.00 bits per heavy atom. The Kier molecular flexibility index (Phi) is 6.11. The fourth-order valence-electron chi connectivity index (χ4n) is 2.67. The molecule has 1 fully saturated rings. The summed E-state index contributed by atoms with van der Waals surface area (Å²) in [4.78, 5) is 23.0. The van der Waals surface area contributed by atoms with Gasteiger partial charge < -0.3 is 15.0 Å². The molecule has 25 heavy (non-hydrogen) atoms. The third kappa shape index (κ3) is 5.09. The fourth-order valence-corrected chi connectivity index (χ4v) is 3.33. The molecule has 0 aliphatic carbocycles. The molecule has 3 rings (SSSR count). The number of hydrogen-bond donors (Lipinski definition) is 1. The smallest absolute Gasteiger partial charge is 0.234 e. The molecule has 1 aromatic heterocycles. The van der Waals surface area contributed by atoms with Gasteiger partial charge in [0.15, 0.2) is 0 Å². The largest absolute Gasteiger partial charge is 0.494 e. The second-order valence-electron chi connectivity index (χ2n) is 5.70. The fraction of sp³-hybridized carbons (Fsp3) is 0.389. The van der Waals surface area contributed by atoms with E-state index in [4.69, 9.17) is 4.74 Å². The van der Waals surface area contributed by atoms with Crippen LogP contribution in [0.2, 0.25) is 0 Å². The SMILES string of the molecule is CCOc1ccc(NC(=O)CSc2cc(N3CCCC3)ncn2)cc1. The van der Waals surface area contributed by atoms with Crippen molar-refractivity contribution in [1.82, 2.24) is 9.97 Å². The maximum Gasteiger partial charge on any atom is 0.234 e. The second-order valence-corrected chi connectivity index (χ2v) is 6.70. The van der Waals surface area contributed by atoms with Crippen LogP contribution in [0.5, 0.6) is 5.75 Å². The number of thioether (sulfide) groups is 1. The summed E-state index contributed by atoms with van der Waals surface area (Å²) in [6.07, 6.45) is 3.98. The maximum atomic E-state index is 12.1. The number of benzene rings is 1. The molecule has 0 unspecified atom stereocenters. The van der Waals surface area contributed by atoms with E-state index in [0.717, 1.165) is 35.4 Å². The van der Waals surface area contributed by atoms with Crippen molar-refractivity contribution in [1.29, 1.82) is 0 Å². The van der Waals surface area contributed by atoms with Gasteiger partial charge in [-0.05, 0) is 44.0 Å². The van der Waals surface area contributed by atoms with E-state index in [-0.39, 0.29) is 5.91 Å². The Hall–Kier alpha value is -2.28. The number of anilines is 2. The molecule has 0 spiro atoms. The third-order valence-electron chi connectivity index (χ3n) is 3.86. The summed E-state index contributed by atoms with van der Waals surface area (Å²) in [5.74, 6) is 1.99. The number of rotatable bonds is 7. The zero-order valence-electron chi connectivity index (χ0n) is 14.3. The number of aromatic nitrogens is 2. The summed E-state index contributed by atoms with van der Waals surface area (Å²) in [5.41, 5.74) is 0.759. The lowest BCUT2D eigenvalue weighted by Gasteiger charge is -2.16. The second kappa shape index (κ2) is 8.71. The predicted octanol–water partition coefficient (Wildman–Crippen LogP) is 3.21. The van der Waals surface area contributed by atoms with E-state index in [0.29, 0.717) is 12.4 Å². The molecule has 1 aromatic carbocycles. The summed E-state index contributed by atoms with van der Waals surface area (Å²) in [7, 11) is 0. The molecule has 0 bridgehead atoms. The molecule has 1 amide bonds. The van der Waals surface area contributed by atoms with Crippen molar-refractivity contribution in [2.45, 2.75) is 24.8 Å². The Bertz CT molecular complexity index is 702. The first kappa shape index (κ1) is 17.5. The highest BCUT2D eigenvalue weighted by atomic mass is 32.2. The van der Waals surface area contributed by atoms with Gasteiger partial charge >= 0.3 is 0 Å². The van der Waals surface area contributed by atoms with Gasteiger partial charge in [0.05, 0.1) is 12.4 Å². The molecule has 0 atom stereocenters. The lowest BCUT2D eigenvalue weighted by molar-refractivity contribution is -0.113. The van der Waals surface area contributed by atoms with Crippen LogP contribution in [0.3, 0.4) is 0 Å². The molecule has 2 aromatic rings. The van der Waals surface area contributed by atoms with Crippen LogP contribution < -0.4 is 15.0 Å². The standard InChI is InChI=1S/C18H22N4O2S/c1-2-24-15-7-5-14(6-8-15)21-17(23)12-25-18-11-16(19-13-20-18)22-9-3-4-10-22/h5-8,11,13H,2-4,9-10,12H2,1H3,(H,21,23). The zero-order valence-corrected chi connectivity index (χ0v) is 15.1. The predicted molar refractivity (Wildman–Crippen MR) is 100 cm³/mol. The zero-order chi connectivity index (χ0) is 17.5. The van der Waals surface area contributed by atoms with Crippen molar-refractivity contribution in [2.24, 2.45) is 0 Å². The van der Waals surface area contributed by atoms with Crippen molar-refractivity contribution >= 4 is 29.2 Å². The highest BCUT2D eigenvalue weighted by molar-refractivity contribution is 7.99. The van der Waals surface area contributed by atoms with Crippen molar-refractivity contribution < 1.29 is 9.53 Å². The number of carbonyl (C=O) groups is 1. The summed E-state index contributed by atoms with van der Waals surface area (Å²) in [6, 6.07) is 9.33. The van der Waals surface area contributed by atoms with Gasteiger partial charge in [-0.15, -0.1) is 0 Å². The number of ether oxygens (including phenoxy) is 1. The van der Waals surface area contributed by atoms with E-state index in [1.165, 1.54) is 24.6 Å². The van der Waals surface area contributed by atoms with Gasteiger partial charge in [-0.2, -0.15) is 0 Å². The van der Waals surface area contributed by atoms with E-state index in [9.17, 15) is 4.79 Å². The van der Waals surface area contributed by atoms with E-state index in [2.05, 4.69) is 20.2 Å². The van der Waals surface area contributed by atoms with Crippen LogP contribution in [0.1, 0.15) is 19.8 Å². The topological polar surface area (TPSA) is 67.3 Å². The molecule has 7 heteroatoms. The molecule has 1 saturated heterocycles. The van der Waals surface area contributed by atoms with E-state index in [1.807, 2.05) is 37.3 Å². The van der Waals surface area contributed by atoms with Crippen LogP contribution in [-0.4, -0.2) is 41.3 Å². The summed E-state index contributed by atoms with van der Waals surface area (Å²) in [5, 5.41) is 3.70. The normalized spacial score (nSPS) is 13.7. The average Bonchev–Trinajstić information content (AvgIpc) is 3.17. The summed E-state index contributed by atoms with van der Waals surface area (Å²) < 4.78 is 5.39. The number of carbonyl (C=O) groups excluding carboxylic acids is 1. The van der Waals surface area contributed by atoms with Gasteiger partial charge in [-0.3, -0.25) is 4.79 Å². The number of nitrogens with one attached hydrogen (secondary N) is 1. The van der Waals surface area contributed by atoms with Crippen LogP contribution in [0.4, 0.5) is 11.5 Å². The van der Waals surface area contributed by atoms with E-state index in [1.54, 1.807) is 6.33 Å². The minimum Gasteiger partial charge on any atom is -0.494 e. The molecule has 1 N–H and O–H groups in total. The van der Waals surface area contributed by atoms with Crippen LogP contribution >= 0.6 is 11.8 Å². The maximum absolute atomic E-state index is 12.1. The Morgan fingerprint density at radius 3 is 2.72 bits per heavy atom. The van der Waals surface area contributed by atoms with E-state index >= 15 is 0 Å². The Morgan fingerprint density at radius 1 is 1.24 bits per heavy atom. The van der Waals surface area contributed by atoms with Crippen LogP contribution in [0.25, 0.3) is 0 Å². The average molecular weight is 358 g/mol. The first-order valence-electron chi connectivity index (χ1n) is 8.47. The molecule has 132 valence electrons. The lowest BCUT2D eigenvalue weighted by Crippen LogP contribution is -2.19. The van der Waals surface area contributed by atoms with Gasteiger partial charge in [0.2, 0.25) is 5.91 Å². The molecule has 0 radical (unpaired) electrons. The Balaban J connectivity index is 1.51. The van der Waals surface area contributed by atoms with Crippen molar-refractivity contribution in [2.75, 3.05) is 35.7 Å². The highest BCUT2D eigenvalue weighted by Gasteiger charge is 2.14. The quantitative estimate of drug-likeness (QED) is 0.605. The van der Waals surface area contributed by atoms with Crippen molar-refractivity contribution in [3.63, 3.8) is 0 Å². The van der Waals surface area contributed by atoms with Crippen molar-refractivity contribution in [3.8, 4) is 5.75 Å². The minimum atomic E-state index is -0.0597. The van der Waals surface area contributed by atoms with Gasteiger partial charge in [-0.25, -0.2) is 9.97 Å². The molecule has 1 aliphatic rings. The minimum absolute atomic E-state index is 0.0597. The summed E-state index contributed by atoms with van der Waals surface area (Å²) in [6.45, 7) is 4.65. The molecule has 1 aliphatic heterocycles. The van der Waals surface area contributed by atoms with Crippen LogP contribution in [-0.2, 0) is 4.79 Å². The monoisotopic (exact) mass is 358 g/mol. The lowest BCUT2D eigenvalue weighted by atomic mass is 10.3. The third-order valence-corrected chi connectivity index (χ3v) is 4.78. The molecule has 6 nitrogen and oxygen atoms in total. The molecule has 2 heterocycles. The first-order chi connectivity index (χ1) is 12.2. The van der Waals surface area contributed by atoms with Crippen molar-refractivity contribution in [3.05, 3.63) is 36.7 Å².